The lowest BCUT2D eigenvalue weighted by molar-refractivity contribution is -0.121. The van der Waals surface area contributed by atoms with Gasteiger partial charge in [0.2, 0.25) is 0 Å². The van der Waals surface area contributed by atoms with Crippen LogP contribution in [0.1, 0.15) is 31.4 Å². The number of benzene rings is 1. The van der Waals surface area contributed by atoms with Gasteiger partial charge in [0.15, 0.2) is 6.61 Å². The van der Waals surface area contributed by atoms with Crippen LogP contribution in [0, 0.1) is 0 Å². The van der Waals surface area contributed by atoms with Crippen LogP contribution >= 0.6 is 0 Å². The summed E-state index contributed by atoms with van der Waals surface area (Å²) in [5.41, 5.74) is 9.63. The number of azide groups is 1. The predicted octanol–water partition coefficient (Wildman–Crippen LogP) is 2.56. The van der Waals surface area contributed by atoms with E-state index < -0.39 is 6.10 Å². The third kappa shape index (κ3) is 3.45. The maximum atomic E-state index is 11.8. The molecule has 7 nitrogen and oxygen atoms in total. The van der Waals surface area contributed by atoms with E-state index in [-0.39, 0.29) is 12.5 Å². The molecule has 1 heterocycles. The van der Waals surface area contributed by atoms with Crippen molar-refractivity contribution in [3.8, 4) is 5.75 Å². The fourth-order valence-corrected chi connectivity index (χ4v) is 2.34. The molecule has 1 aromatic carbocycles. The van der Waals surface area contributed by atoms with Gasteiger partial charge in [0, 0.05) is 18.0 Å². The van der Waals surface area contributed by atoms with Crippen molar-refractivity contribution >= 4 is 11.6 Å². The number of amides is 1. The second-order valence-corrected chi connectivity index (χ2v) is 4.77. The van der Waals surface area contributed by atoms with Gasteiger partial charge in [-0.05, 0) is 43.0 Å². The van der Waals surface area contributed by atoms with E-state index in [0.717, 1.165) is 5.56 Å². The Hall–Kier alpha value is -2.24. The lowest BCUT2D eigenvalue weighted by Gasteiger charge is -2.29. The molecule has 1 aliphatic heterocycles. The van der Waals surface area contributed by atoms with Crippen molar-refractivity contribution in [2.75, 3.05) is 24.6 Å². The molecule has 1 unspecified atom stereocenters. The Balaban J connectivity index is 2.13. The maximum Gasteiger partial charge on any atom is 0.265 e. The number of anilines is 1. The molecule has 0 saturated carbocycles. The fourth-order valence-electron chi connectivity index (χ4n) is 2.34. The van der Waals surface area contributed by atoms with Crippen LogP contribution in [-0.2, 0) is 4.79 Å². The number of ether oxygens (including phenoxy) is 1. The maximum absolute atomic E-state index is 11.8. The summed E-state index contributed by atoms with van der Waals surface area (Å²) in [4.78, 5) is 16.1. The molecule has 0 fully saturated rings. The first-order valence-corrected chi connectivity index (χ1v) is 6.93. The number of fused-ring (bicyclic) bond motifs is 1. The molecule has 0 saturated heterocycles. The summed E-state index contributed by atoms with van der Waals surface area (Å²) in [6, 6.07) is 5.35. The summed E-state index contributed by atoms with van der Waals surface area (Å²) in [6.07, 6.45) is 0.452. The van der Waals surface area contributed by atoms with Gasteiger partial charge < -0.3 is 14.7 Å². The minimum Gasteiger partial charge on any atom is -0.482 e. The molecule has 2 rings (SSSR count). The summed E-state index contributed by atoms with van der Waals surface area (Å²) in [5.74, 6) is 0.571. The standard InChI is InChI=1S/C14H18N4O3/c1-2-18-11-8-10(12(19)4-3-7-16-17-15)5-6-13(11)21-9-14(18)20/h5-6,8,12,19H,2-4,7,9H2,1H3. The molecule has 0 spiro atoms. The molecular formula is C14H18N4O3. The normalized spacial score (nSPS) is 15.0. The van der Waals surface area contributed by atoms with E-state index >= 15 is 0 Å². The van der Waals surface area contributed by atoms with E-state index in [1.807, 2.05) is 6.92 Å². The number of hydrogen-bond acceptors (Lipinski definition) is 4. The minimum absolute atomic E-state index is 0.0505. The molecule has 21 heavy (non-hydrogen) atoms. The molecule has 1 aliphatic rings. The molecule has 0 aliphatic carbocycles. The fraction of sp³-hybridized carbons (Fsp3) is 0.500. The van der Waals surface area contributed by atoms with Gasteiger partial charge in [0.1, 0.15) is 5.75 Å². The Morgan fingerprint density at radius 3 is 3.10 bits per heavy atom. The van der Waals surface area contributed by atoms with Gasteiger partial charge in [-0.1, -0.05) is 11.2 Å². The minimum atomic E-state index is -0.653. The third-order valence-corrected chi connectivity index (χ3v) is 3.43. The van der Waals surface area contributed by atoms with Crippen molar-refractivity contribution in [3.05, 3.63) is 34.2 Å². The Labute approximate surface area is 122 Å². The Kier molecular flexibility index (Phi) is 5.03. The topological polar surface area (TPSA) is 98.5 Å². The van der Waals surface area contributed by atoms with Gasteiger partial charge in [-0.15, -0.1) is 0 Å². The van der Waals surface area contributed by atoms with E-state index in [4.69, 9.17) is 10.3 Å². The van der Waals surface area contributed by atoms with Crippen molar-refractivity contribution < 1.29 is 14.6 Å². The first-order chi connectivity index (χ1) is 10.2. The number of rotatable bonds is 6. The SMILES string of the molecule is CCN1C(=O)COc2ccc(C(O)CCCN=[N+]=[N-])cc21. The molecule has 112 valence electrons. The van der Waals surface area contributed by atoms with E-state index in [2.05, 4.69) is 10.0 Å². The number of carbonyl (C=O) groups excluding carboxylic acids is 1. The number of aliphatic hydroxyl groups is 1. The van der Waals surface area contributed by atoms with Crippen LogP contribution in [0.2, 0.25) is 0 Å². The lowest BCUT2D eigenvalue weighted by Crippen LogP contribution is -2.38. The highest BCUT2D eigenvalue weighted by Gasteiger charge is 2.25. The van der Waals surface area contributed by atoms with Crippen LogP contribution < -0.4 is 9.64 Å². The number of likely N-dealkylation sites (N-methyl/N-ethyl adjacent to an activating group) is 1. The summed E-state index contributed by atoms with van der Waals surface area (Å²) >= 11 is 0. The quantitative estimate of drug-likeness (QED) is 0.377. The van der Waals surface area contributed by atoms with Crippen LogP contribution in [0.3, 0.4) is 0 Å². The summed E-state index contributed by atoms with van der Waals surface area (Å²) in [6.45, 7) is 2.87. The molecule has 0 bridgehead atoms. The highest BCUT2D eigenvalue weighted by atomic mass is 16.5. The second kappa shape index (κ2) is 6.97. The molecule has 0 aromatic heterocycles. The van der Waals surface area contributed by atoms with Crippen molar-refractivity contribution in [1.82, 2.24) is 0 Å². The first kappa shape index (κ1) is 15.2. The highest BCUT2D eigenvalue weighted by molar-refractivity contribution is 5.97. The van der Waals surface area contributed by atoms with E-state index in [0.29, 0.717) is 37.4 Å². The number of hydrogen-bond donors (Lipinski definition) is 1. The number of aliphatic hydroxyl groups excluding tert-OH is 1. The summed E-state index contributed by atoms with van der Waals surface area (Å²) in [7, 11) is 0. The Bertz CT molecular complexity index is 569. The van der Waals surface area contributed by atoms with Gasteiger partial charge in [-0.25, -0.2) is 0 Å². The molecule has 7 heteroatoms. The van der Waals surface area contributed by atoms with E-state index in [9.17, 15) is 9.90 Å². The van der Waals surface area contributed by atoms with Crippen LogP contribution in [0.4, 0.5) is 5.69 Å². The molecule has 0 radical (unpaired) electrons. The molecular weight excluding hydrogens is 272 g/mol. The zero-order valence-corrected chi connectivity index (χ0v) is 11.9. The van der Waals surface area contributed by atoms with Crippen molar-refractivity contribution in [2.24, 2.45) is 5.11 Å². The molecule has 1 amide bonds. The van der Waals surface area contributed by atoms with Crippen molar-refractivity contribution in [2.45, 2.75) is 25.9 Å². The lowest BCUT2D eigenvalue weighted by atomic mass is 10.0. The predicted molar refractivity (Wildman–Crippen MR) is 78.2 cm³/mol. The number of nitrogens with zero attached hydrogens (tertiary/aromatic N) is 4. The smallest absolute Gasteiger partial charge is 0.265 e. The van der Waals surface area contributed by atoms with E-state index in [1.54, 1.807) is 23.1 Å². The second-order valence-electron chi connectivity index (χ2n) is 4.77. The van der Waals surface area contributed by atoms with Crippen LogP contribution in [0.5, 0.6) is 5.75 Å². The van der Waals surface area contributed by atoms with Crippen molar-refractivity contribution in [3.63, 3.8) is 0 Å². The zero-order valence-electron chi connectivity index (χ0n) is 11.9. The van der Waals surface area contributed by atoms with E-state index in [1.165, 1.54) is 0 Å². The van der Waals surface area contributed by atoms with Gasteiger partial charge >= 0.3 is 0 Å². The third-order valence-electron chi connectivity index (χ3n) is 3.43. The average Bonchev–Trinajstić information content (AvgIpc) is 2.50. The largest absolute Gasteiger partial charge is 0.482 e. The summed E-state index contributed by atoms with van der Waals surface area (Å²) < 4.78 is 5.39. The van der Waals surface area contributed by atoms with Crippen molar-refractivity contribution in [1.29, 1.82) is 0 Å². The van der Waals surface area contributed by atoms with Crippen LogP contribution in [0.15, 0.2) is 23.3 Å². The van der Waals surface area contributed by atoms with Gasteiger partial charge in [-0.2, -0.15) is 0 Å². The van der Waals surface area contributed by atoms with Gasteiger partial charge in [0.05, 0.1) is 11.8 Å². The molecule has 1 atom stereocenters. The number of carbonyl (C=O) groups is 1. The molecule has 1 aromatic rings. The Morgan fingerprint density at radius 2 is 2.38 bits per heavy atom. The monoisotopic (exact) mass is 290 g/mol. The zero-order chi connectivity index (χ0) is 15.2. The van der Waals surface area contributed by atoms with Crippen LogP contribution in [-0.4, -0.2) is 30.7 Å². The van der Waals surface area contributed by atoms with Crippen LogP contribution in [0.25, 0.3) is 10.4 Å². The molecule has 1 N–H and O–H groups in total. The Morgan fingerprint density at radius 1 is 1.57 bits per heavy atom. The van der Waals surface area contributed by atoms with Gasteiger partial charge in [-0.3, -0.25) is 4.79 Å². The average molecular weight is 290 g/mol. The van der Waals surface area contributed by atoms with Gasteiger partial charge in [0.25, 0.3) is 5.91 Å². The summed E-state index contributed by atoms with van der Waals surface area (Å²) in [5, 5.41) is 13.6. The first-order valence-electron chi connectivity index (χ1n) is 6.93. The highest BCUT2D eigenvalue weighted by Crippen LogP contribution is 2.35.